The van der Waals surface area contributed by atoms with Gasteiger partial charge in [0.15, 0.2) is 11.5 Å². The second kappa shape index (κ2) is 4.21. The molecule has 1 aliphatic carbocycles. The molecule has 0 N–H and O–H groups in total. The van der Waals surface area contributed by atoms with E-state index >= 15 is 0 Å². The van der Waals surface area contributed by atoms with Crippen LogP contribution in [0.5, 0.6) is 0 Å². The second-order valence-electron chi connectivity index (χ2n) is 3.38. The highest BCUT2D eigenvalue weighted by atomic mass is 16.5. The monoisotopic (exact) mass is 208 g/mol. The molecule has 0 saturated carbocycles. The number of methoxy groups -OCH3 is 1. The molecule has 15 heavy (non-hydrogen) atoms. The second-order valence-corrected chi connectivity index (χ2v) is 3.38. The van der Waals surface area contributed by atoms with Gasteiger partial charge < -0.3 is 4.74 Å². The van der Waals surface area contributed by atoms with E-state index in [1.54, 1.807) is 6.92 Å². The molecule has 0 amide bonds. The molecule has 0 aromatic rings. The molecule has 0 aliphatic heterocycles. The van der Waals surface area contributed by atoms with Gasteiger partial charge in [0.1, 0.15) is 5.78 Å². The lowest BCUT2D eigenvalue weighted by molar-refractivity contribution is -0.122. The van der Waals surface area contributed by atoms with Crippen molar-refractivity contribution >= 4 is 17.3 Å². The van der Waals surface area contributed by atoms with Crippen molar-refractivity contribution in [2.24, 2.45) is 5.92 Å². The van der Waals surface area contributed by atoms with Crippen molar-refractivity contribution in [1.29, 1.82) is 0 Å². The lowest BCUT2D eigenvalue weighted by Gasteiger charge is -2.15. The third-order valence-electron chi connectivity index (χ3n) is 2.35. The molecule has 0 radical (unpaired) electrons. The molecule has 80 valence electrons. The van der Waals surface area contributed by atoms with Crippen molar-refractivity contribution in [2.75, 3.05) is 7.11 Å². The van der Waals surface area contributed by atoms with Gasteiger partial charge in [0.25, 0.3) is 0 Å². The summed E-state index contributed by atoms with van der Waals surface area (Å²) in [6.07, 6.45) is 2.32. The van der Waals surface area contributed by atoms with E-state index < -0.39 is 5.92 Å². The Labute approximate surface area is 87.6 Å². The fourth-order valence-electron chi connectivity index (χ4n) is 1.29. The summed E-state index contributed by atoms with van der Waals surface area (Å²) in [6.45, 7) is 2.98. The van der Waals surface area contributed by atoms with Crippen molar-refractivity contribution in [3.05, 3.63) is 23.5 Å². The first-order valence-corrected chi connectivity index (χ1v) is 4.53. The van der Waals surface area contributed by atoms with Gasteiger partial charge in [-0.2, -0.15) is 0 Å². The van der Waals surface area contributed by atoms with E-state index in [-0.39, 0.29) is 28.7 Å². The van der Waals surface area contributed by atoms with Crippen LogP contribution < -0.4 is 0 Å². The summed E-state index contributed by atoms with van der Waals surface area (Å²) in [7, 11) is 1.32. The van der Waals surface area contributed by atoms with Crippen molar-refractivity contribution in [1.82, 2.24) is 0 Å². The lowest BCUT2D eigenvalue weighted by Crippen LogP contribution is -2.23. The first-order valence-electron chi connectivity index (χ1n) is 4.53. The smallest absolute Gasteiger partial charge is 0.224 e. The van der Waals surface area contributed by atoms with E-state index in [9.17, 15) is 14.4 Å². The van der Waals surface area contributed by atoms with E-state index in [0.717, 1.165) is 6.08 Å². The molecular formula is C11H12O4. The van der Waals surface area contributed by atoms with Gasteiger partial charge in [0, 0.05) is 17.6 Å². The van der Waals surface area contributed by atoms with E-state index in [1.807, 2.05) is 0 Å². The third kappa shape index (κ3) is 2.21. The van der Waals surface area contributed by atoms with Crippen LogP contribution in [-0.2, 0) is 19.1 Å². The van der Waals surface area contributed by atoms with Gasteiger partial charge in [-0.25, -0.2) is 0 Å². The quantitative estimate of drug-likeness (QED) is 0.644. The van der Waals surface area contributed by atoms with Crippen LogP contribution in [0, 0.1) is 5.92 Å². The van der Waals surface area contributed by atoms with Crippen LogP contribution in [0.4, 0.5) is 0 Å². The Hall–Kier alpha value is -1.71. The Balaban J connectivity index is 3.06. The number of rotatable bonds is 3. The van der Waals surface area contributed by atoms with Crippen molar-refractivity contribution in [3.63, 3.8) is 0 Å². The minimum absolute atomic E-state index is 0.00870. The van der Waals surface area contributed by atoms with Gasteiger partial charge in [-0.1, -0.05) is 6.92 Å². The average Bonchev–Trinajstić information content (AvgIpc) is 2.19. The zero-order valence-electron chi connectivity index (χ0n) is 8.87. The van der Waals surface area contributed by atoms with Crippen LogP contribution in [0.3, 0.4) is 0 Å². The van der Waals surface area contributed by atoms with Gasteiger partial charge in [-0.3, -0.25) is 14.4 Å². The summed E-state index contributed by atoms with van der Waals surface area (Å²) in [4.78, 5) is 34.0. The largest absolute Gasteiger partial charge is 0.493 e. The summed E-state index contributed by atoms with van der Waals surface area (Å²) in [5.74, 6) is -1.44. The molecule has 0 unspecified atom stereocenters. The van der Waals surface area contributed by atoms with Gasteiger partial charge in [-0.05, 0) is 13.0 Å². The van der Waals surface area contributed by atoms with Crippen LogP contribution in [0.15, 0.2) is 23.5 Å². The van der Waals surface area contributed by atoms with Crippen LogP contribution in [0.1, 0.15) is 13.8 Å². The summed E-state index contributed by atoms with van der Waals surface area (Å²) in [5, 5.41) is 0. The topological polar surface area (TPSA) is 60.4 Å². The Morgan fingerprint density at radius 2 is 1.93 bits per heavy atom. The standard InChI is InChI=1S/C11H12O4/c1-6(7(2)12)9-4-8(13)5-10(15-3)11(9)14/h4-6H,1-3H3/t6-/m1/s1. The van der Waals surface area contributed by atoms with E-state index in [1.165, 1.54) is 20.1 Å². The summed E-state index contributed by atoms with van der Waals surface area (Å²) >= 11 is 0. The van der Waals surface area contributed by atoms with Crippen molar-refractivity contribution in [3.8, 4) is 0 Å². The highest BCUT2D eigenvalue weighted by Crippen LogP contribution is 2.21. The molecule has 0 bridgehead atoms. The molecule has 0 spiro atoms. The number of ketones is 3. The maximum Gasteiger partial charge on any atom is 0.224 e. The lowest BCUT2D eigenvalue weighted by atomic mass is 9.89. The van der Waals surface area contributed by atoms with E-state index in [2.05, 4.69) is 0 Å². The Morgan fingerprint density at radius 1 is 1.33 bits per heavy atom. The summed E-state index contributed by atoms with van der Waals surface area (Å²) < 4.78 is 4.77. The van der Waals surface area contributed by atoms with Crippen molar-refractivity contribution in [2.45, 2.75) is 13.8 Å². The predicted octanol–water partition coefficient (Wildman–Crippen LogP) is 0.820. The number of allylic oxidation sites excluding steroid dienone is 3. The van der Waals surface area contributed by atoms with Gasteiger partial charge in [-0.15, -0.1) is 0 Å². The SMILES string of the molecule is COC1=CC(=O)C=C([C@H](C)C(C)=O)C1=O. The van der Waals surface area contributed by atoms with Crippen LogP contribution in [-0.4, -0.2) is 24.5 Å². The fraction of sp³-hybridized carbons (Fsp3) is 0.364. The van der Waals surface area contributed by atoms with Gasteiger partial charge in [0.05, 0.1) is 7.11 Å². The molecule has 1 atom stereocenters. The molecule has 4 nitrogen and oxygen atoms in total. The van der Waals surface area contributed by atoms with E-state index in [4.69, 9.17) is 4.74 Å². The Kier molecular flexibility index (Phi) is 3.19. The molecule has 1 aliphatic rings. The molecule has 0 aromatic heterocycles. The minimum Gasteiger partial charge on any atom is -0.493 e. The number of hydrogen-bond acceptors (Lipinski definition) is 4. The summed E-state index contributed by atoms with van der Waals surface area (Å²) in [6, 6.07) is 0. The molecule has 0 heterocycles. The summed E-state index contributed by atoms with van der Waals surface area (Å²) in [5.41, 5.74) is 0.201. The Bertz CT molecular complexity index is 387. The predicted molar refractivity (Wildman–Crippen MR) is 53.0 cm³/mol. The van der Waals surface area contributed by atoms with Gasteiger partial charge >= 0.3 is 0 Å². The highest BCUT2D eigenvalue weighted by Gasteiger charge is 2.28. The molecule has 0 aromatic carbocycles. The first kappa shape index (κ1) is 11.4. The van der Waals surface area contributed by atoms with E-state index in [0.29, 0.717) is 0 Å². The normalized spacial score (nSPS) is 18.1. The highest BCUT2D eigenvalue weighted by molar-refractivity contribution is 6.21. The fourth-order valence-corrected chi connectivity index (χ4v) is 1.29. The van der Waals surface area contributed by atoms with Crippen LogP contribution in [0.2, 0.25) is 0 Å². The maximum absolute atomic E-state index is 11.7. The molecule has 4 heteroatoms. The zero-order chi connectivity index (χ0) is 11.6. The minimum atomic E-state index is -0.569. The number of hydrogen-bond donors (Lipinski definition) is 0. The molecule has 1 rings (SSSR count). The van der Waals surface area contributed by atoms with Gasteiger partial charge in [0.2, 0.25) is 5.78 Å². The maximum atomic E-state index is 11.7. The number of ether oxygens (including phenoxy) is 1. The molecule has 0 saturated heterocycles. The number of carbonyl (C=O) groups is 3. The molecular weight excluding hydrogens is 196 g/mol. The number of carbonyl (C=O) groups excluding carboxylic acids is 3. The number of Topliss-reactive ketones (excluding diaryl/α,β-unsaturated/α-hetero) is 2. The van der Waals surface area contributed by atoms with Crippen molar-refractivity contribution < 1.29 is 19.1 Å². The average molecular weight is 208 g/mol. The first-order chi connectivity index (χ1) is 6.97. The van der Waals surface area contributed by atoms with Crippen LogP contribution >= 0.6 is 0 Å². The zero-order valence-corrected chi connectivity index (χ0v) is 8.87. The van der Waals surface area contributed by atoms with Crippen LogP contribution in [0.25, 0.3) is 0 Å². The molecule has 0 fully saturated rings. The third-order valence-corrected chi connectivity index (χ3v) is 2.35. The Morgan fingerprint density at radius 3 is 2.40 bits per heavy atom.